The molecular weight excluding hydrogens is 741 g/mol. The summed E-state index contributed by atoms with van der Waals surface area (Å²) in [5.74, 6) is 0. The highest BCUT2D eigenvalue weighted by molar-refractivity contribution is 6.10. The lowest BCUT2D eigenvalue weighted by Crippen LogP contribution is -2.18. The van der Waals surface area contributed by atoms with Gasteiger partial charge in [-0.05, 0) is 117 Å². The molecule has 0 saturated heterocycles. The molecule has 0 atom stereocenters. The molecular formula is C57H40N4. The molecule has 0 aliphatic heterocycles. The molecule has 0 bridgehead atoms. The first kappa shape index (κ1) is 37.1. The van der Waals surface area contributed by atoms with Crippen LogP contribution >= 0.6 is 0 Å². The van der Waals surface area contributed by atoms with Gasteiger partial charge >= 0.3 is 0 Å². The van der Waals surface area contributed by atoms with Gasteiger partial charge in [0.25, 0.3) is 0 Å². The Morgan fingerprint density at radius 1 is 0.459 bits per heavy atom. The Kier molecular flexibility index (Phi) is 9.25. The van der Waals surface area contributed by atoms with Gasteiger partial charge in [-0.2, -0.15) is 5.26 Å². The van der Waals surface area contributed by atoms with Crippen LogP contribution in [0.5, 0.6) is 0 Å². The molecule has 0 aromatic heterocycles. The second kappa shape index (κ2) is 15.2. The highest BCUT2D eigenvalue weighted by atomic mass is 15.2. The second-order valence-corrected chi connectivity index (χ2v) is 16.0. The summed E-state index contributed by atoms with van der Waals surface area (Å²) >= 11 is 0. The number of benzene rings is 9. The average molecular weight is 781 g/mol. The van der Waals surface area contributed by atoms with E-state index in [2.05, 4.69) is 168 Å². The van der Waals surface area contributed by atoms with Crippen molar-refractivity contribution in [2.45, 2.75) is 19.3 Å². The first-order valence-electron chi connectivity index (χ1n) is 20.5. The van der Waals surface area contributed by atoms with E-state index in [1.165, 1.54) is 22.3 Å². The zero-order valence-electron chi connectivity index (χ0n) is 33.9. The number of fused-ring (bicyclic) bond motifs is 5. The smallest absolute Gasteiger partial charge is 0.211 e. The highest BCUT2D eigenvalue weighted by Gasteiger charge is 2.39. The van der Waals surface area contributed by atoms with Gasteiger partial charge in [0.2, 0.25) is 5.69 Å². The average Bonchev–Trinajstić information content (AvgIpc) is 3.55. The third kappa shape index (κ3) is 6.39. The Morgan fingerprint density at radius 2 is 1.00 bits per heavy atom. The maximum atomic E-state index is 10.7. The topological polar surface area (TPSA) is 34.6 Å². The summed E-state index contributed by atoms with van der Waals surface area (Å²) in [7, 11) is 0. The summed E-state index contributed by atoms with van der Waals surface area (Å²) in [5, 5.41) is 13.0. The summed E-state index contributed by atoms with van der Waals surface area (Å²) in [6, 6.07) is 73.9. The largest absolute Gasteiger partial charge is 0.320 e. The molecule has 0 radical (unpaired) electrons. The third-order valence-corrected chi connectivity index (χ3v) is 12.1. The van der Waals surface area contributed by atoms with Crippen molar-refractivity contribution in [3.05, 3.63) is 234 Å². The Bertz CT molecular complexity index is 3180. The van der Waals surface area contributed by atoms with E-state index in [0.29, 0.717) is 11.3 Å². The van der Waals surface area contributed by atoms with Crippen molar-refractivity contribution in [1.29, 1.82) is 5.26 Å². The Labute approximate surface area is 357 Å². The SMILES string of the molecule is [C-]#[N+]c1cc(-c2ccccc2)ccc1N(c1ccccc1)c1ccc2c(c1)C(C)(C)c1cc(N(c3ccccc3)c3ccc(-c4ccccc4)cc3C#N)c3ccccc3c1-2. The molecule has 4 nitrogen and oxygen atoms in total. The molecule has 0 fully saturated rings. The molecule has 288 valence electrons. The molecule has 61 heavy (non-hydrogen) atoms. The second-order valence-electron chi connectivity index (χ2n) is 16.0. The molecule has 9 aromatic carbocycles. The lowest BCUT2D eigenvalue weighted by Gasteiger charge is -2.31. The van der Waals surface area contributed by atoms with Crippen LogP contribution < -0.4 is 9.80 Å². The van der Waals surface area contributed by atoms with Crippen LogP contribution in [0.25, 0.3) is 49.0 Å². The van der Waals surface area contributed by atoms with Gasteiger partial charge in [0, 0.05) is 27.9 Å². The minimum atomic E-state index is -0.404. The first-order chi connectivity index (χ1) is 29.9. The summed E-state index contributed by atoms with van der Waals surface area (Å²) in [4.78, 5) is 8.55. The number of hydrogen-bond donors (Lipinski definition) is 0. The molecule has 0 N–H and O–H groups in total. The lowest BCUT2D eigenvalue weighted by molar-refractivity contribution is 0.661. The van der Waals surface area contributed by atoms with Crippen molar-refractivity contribution < 1.29 is 0 Å². The maximum Gasteiger partial charge on any atom is 0.211 e. The summed E-state index contributed by atoms with van der Waals surface area (Å²) in [6.45, 7) is 13.0. The van der Waals surface area contributed by atoms with Crippen LogP contribution in [-0.2, 0) is 5.41 Å². The molecule has 1 aliphatic carbocycles. The van der Waals surface area contributed by atoms with E-state index in [9.17, 15) is 5.26 Å². The molecule has 0 saturated carbocycles. The van der Waals surface area contributed by atoms with Crippen molar-refractivity contribution >= 4 is 50.6 Å². The van der Waals surface area contributed by atoms with E-state index in [1.807, 2.05) is 72.8 Å². The highest BCUT2D eigenvalue weighted by Crippen LogP contribution is 2.56. The minimum Gasteiger partial charge on any atom is -0.320 e. The number of nitriles is 1. The minimum absolute atomic E-state index is 0.404. The van der Waals surface area contributed by atoms with Crippen molar-refractivity contribution in [3.63, 3.8) is 0 Å². The van der Waals surface area contributed by atoms with Crippen LogP contribution in [0.4, 0.5) is 39.8 Å². The quantitative estimate of drug-likeness (QED) is 0.144. The van der Waals surface area contributed by atoms with Crippen LogP contribution in [0.3, 0.4) is 0 Å². The standard InChI is InChI=1S/C57H40N4/c1-57(2)50-36-46(60(44-22-12-6-13-23-44)54-33-29-42(35-52(54)59-3)40-20-10-5-11-21-40)30-31-49(50)56-48-27-17-16-26-47(48)55(37-51(56)57)61(45-24-14-7-15-25-45)53-32-28-41(34-43(53)38-58)39-18-8-4-9-19-39/h4-37H,1-2H3. The van der Waals surface area contributed by atoms with E-state index in [-0.39, 0.29) is 0 Å². The monoisotopic (exact) mass is 780 g/mol. The predicted molar refractivity (Wildman–Crippen MR) is 253 cm³/mol. The number of rotatable bonds is 8. The molecule has 0 unspecified atom stereocenters. The fourth-order valence-electron chi connectivity index (χ4n) is 9.11. The molecule has 0 amide bonds. The fraction of sp³-hybridized carbons (Fsp3) is 0.0526. The molecule has 9 aromatic rings. The van der Waals surface area contributed by atoms with Crippen molar-refractivity contribution in [2.24, 2.45) is 0 Å². The van der Waals surface area contributed by atoms with E-state index < -0.39 is 5.41 Å². The number of nitrogens with zero attached hydrogens (tertiary/aromatic N) is 4. The normalized spacial score (nSPS) is 12.2. The van der Waals surface area contributed by atoms with E-state index in [1.54, 1.807) is 0 Å². The number of para-hydroxylation sites is 2. The number of hydrogen-bond acceptors (Lipinski definition) is 3. The molecule has 4 heteroatoms. The van der Waals surface area contributed by atoms with Gasteiger partial charge in [0.15, 0.2) is 0 Å². The fourth-order valence-corrected chi connectivity index (χ4v) is 9.11. The predicted octanol–water partition coefficient (Wildman–Crippen LogP) is 15.8. The van der Waals surface area contributed by atoms with E-state index in [0.717, 1.165) is 67.2 Å². The van der Waals surface area contributed by atoms with Crippen LogP contribution in [0.1, 0.15) is 30.5 Å². The lowest BCUT2D eigenvalue weighted by atomic mass is 9.81. The van der Waals surface area contributed by atoms with Crippen LogP contribution in [0.15, 0.2) is 206 Å². The summed E-state index contributed by atoms with van der Waals surface area (Å²) in [5.41, 5.74) is 15.4. The Hall–Kier alpha value is -8.18. The molecule has 1 aliphatic rings. The van der Waals surface area contributed by atoms with Gasteiger partial charge in [0.1, 0.15) is 6.07 Å². The molecule has 0 spiro atoms. The van der Waals surface area contributed by atoms with E-state index in [4.69, 9.17) is 6.57 Å². The maximum absolute atomic E-state index is 10.7. The third-order valence-electron chi connectivity index (χ3n) is 12.1. The van der Waals surface area contributed by atoms with Crippen molar-refractivity contribution in [3.8, 4) is 39.4 Å². The molecule has 0 heterocycles. The van der Waals surface area contributed by atoms with Crippen LogP contribution in [0, 0.1) is 17.9 Å². The Balaban J connectivity index is 1.15. The van der Waals surface area contributed by atoms with Gasteiger partial charge in [-0.15, -0.1) is 0 Å². The van der Waals surface area contributed by atoms with Gasteiger partial charge in [0.05, 0.1) is 29.2 Å². The summed E-state index contributed by atoms with van der Waals surface area (Å²) < 4.78 is 0. The molecule has 10 rings (SSSR count). The summed E-state index contributed by atoms with van der Waals surface area (Å²) in [6.07, 6.45) is 0. The van der Waals surface area contributed by atoms with Crippen LogP contribution in [-0.4, -0.2) is 0 Å². The van der Waals surface area contributed by atoms with Gasteiger partial charge < -0.3 is 9.80 Å². The van der Waals surface area contributed by atoms with Crippen LogP contribution in [0.2, 0.25) is 0 Å². The van der Waals surface area contributed by atoms with Gasteiger partial charge in [-0.1, -0.05) is 153 Å². The van der Waals surface area contributed by atoms with Crippen molar-refractivity contribution in [1.82, 2.24) is 0 Å². The zero-order valence-corrected chi connectivity index (χ0v) is 33.9. The van der Waals surface area contributed by atoms with E-state index >= 15 is 0 Å². The first-order valence-corrected chi connectivity index (χ1v) is 20.5. The number of anilines is 6. The van der Waals surface area contributed by atoms with Gasteiger partial charge in [-0.3, -0.25) is 0 Å². The Morgan fingerprint density at radius 3 is 1.61 bits per heavy atom. The van der Waals surface area contributed by atoms with Gasteiger partial charge in [-0.25, -0.2) is 4.85 Å². The van der Waals surface area contributed by atoms with Crippen molar-refractivity contribution in [2.75, 3.05) is 9.80 Å². The zero-order chi connectivity index (χ0) is 41.5.